The maximum atomic E-state index is 12.6. The number of ether oxygens (including phenoxy) is 1. The van der Waals surface area contributed by atoms with Crippen LogP contribution >= 0.6 is 0 Å². The molecule has 0 fully saturated rings. The first kappa shape index (κ1) is 17.7. The van der Waals surface area contributed by atoms with Crippen LogP contribution in [0.3, 0.4) is 0 Å². The molecule has 0 bridgehead atoms. The monoisotopic (exact) mass is 315 g/mol. The number of phenols is 1. The van der Waals surface area contributed by atoms with Crippen molar-refractivity contribution in [3.05, 3.63) is 29.3 Å². The van der Waals surface area contributed by atoms with Gasteiger partial charge in [0.05, 0.1) is 12.1 Å². The smallest absolute Gasteiger partial charge is 0.416 e. The van der Waals surface area contributed by atoms with Crippen molar-refractivity contribution in [2.45, 2.75) is 32.5 Å². The van der Waals surface area contributed by atoms with Crippen LogP contribution in [0.1, 0.15) is 31.9 Å². The molecule has 0 aliphatic rings. The summed E-state index contributed by atoms with van der Waals surface area (Å²) < 4.78 is 42.7. The Morgan fingerprint density at radius 2 is 1.91 bits per heavy atom. The Morgan fingerprint density at radius 1 is 1.27 bits per heavy atom. The second kappa shape index (κ2) is 6.60. The van der Waals surface area contributed by atoms with Crippen molar-refractivity contribution in [2.24, 2.45) is 0 Å². The fourth-order valence-electron chi connectivity index (χ4n) is 1.42. The first-order valence-electron chi connectivity index (χ1n) is 6.34. The molecule has 0 aliphatic heterocycles. The van der Waals surface area contributed by atoms with Gasteiger partial charge >= 0.3 is 12.3 Å². The maximum absolute atomic E-state index is 12.6. The molecule has 120 valence electrons. The molecular formula is C15H16F3NO3. The van der Waals surface area contributed by atoms with E-state index >= 15 is 0 Å². The summed E-state index contributed by atoms with van der Waals surface area (Å²) in [4.78, 5) is 11.3. The third-order valence-corrected chi connectivity index (χ3v) is 2.20. The van der Waals surface area contributed by atoms with Crippen LogP contribution in [0, 0.1) is 11.8 Å². The van der Waals surface area contributed by atoms with E-state index in [1.54, 1.807) is 20.8 Å². The molecule has 0 saturated carbocycles. The van der Waals surface area contributed by atoms with Crippen molar-refractivity contribution in [3.8, 4) is 17.6 Å². The zero-order chi connectivity index (χ0) is 17.0. The third kappa shape index (κ3) is 6.39. The average Bonchev–Trinajstić information content (AvgIpc) is 2.30. The normalized spacial score (nSPS) is 11.4. The summed E-state index contributed by atoms with van der Waals surface area (Å²) in [6, 6.07) is 2.54. The summed E-state index contributed by atoms with van der Waals surface area (Å²) >= 11 is 0. The first-order valence-corrected chi connectivity index (χ1v) is 6.34. The van der Waals surface area contributed by atoms with Crippen LogP contribution in [0.15, 0.2) is 18.2 Å². The number of alkyl carbamates (subject to hydrolysis) is 1. The van der Waals surface area contributed by atoms with Crippen molar-refractivity contribution in [1.82, 2.24) is 5.32 Å². The van der Waals surface area contributed by atoms with Crippen molar-refractivity contribution < 1.29 is 27.8 Å². The number of benzene rings is 1. The second-order valence-electron chi connectivity index (χ2n) is 5.42. The van der Waals surface area contributed by atoms with Gasteiger partial charge in [0.15, 0.2) is 0 Å². The van der Waals surface area contributed by atoms with E-state index < -0.39 is 29.2 Å². The minimum absolute atomic E-state index is 0.00156. The van der Waals surface area contributed by atoms with Crippen molar-refractivity contribution >= 4 is 6.09 Å². The summed E-state index contributed by atoms with van der Waals surface area (Å²) in [7, 11) is 0. The van der Waals surface area contributed by atoms with Gasteiger partial charge in [0, 0.05) is 5.56 Å². The lowest BCUT2D eigenvalue weighted by molar-refractivity contribution is -0.137. The molecular weight excluding hydrogens is 299 g/mol. The number of rotatable bonds is 1. The molecule has 1 rings (SSSR count). The Balaban J connectivity index is 2.69. The van der Waals surface area contributed by atoms with Gasteiger partial charge in [-0.3, -0.25) is 0 Å². The molecule has 1 aromatic rings. The lowest BCUT2D eigenvalue weighted by atomic mass is 10.1. The van der Waals surface area contributed by atoms with Gasteiger partial charge in [-0.25, -0.2) is 4.79 Å². The lowest BCUT2D eigenvalue weighted by Crippen LogP contribution is -2.32. The van der Waals surface area contributed by atoms with E-state index in [-0.39, 0.29) is 12.1 Å². The van der Waals surface area contributed by atoms with E-state index in [0.717, 1.165) is 12.1 Å². The van der Waals surface area contributed by atoms with Crippen LogP contribution in [0.5, 0.6) is 5.75 Å². The van der Waals surface area contributed by atoms with Gasteiger partial charge in [0.1, 0.15) is 11.4 Å². The zero-order valence-corrected chi connectivity index (χ0v) is 12.3. The Kier molecular flexibility index (Phi) is 5.31. The summed E-state index contributed by atoms with van der Waals surface area (Å²) in [5, 5.41) is 11.6. The van der Waals surface area contributed by atoms with Gasteiger partial charge in [-0.15, -0.1) is 0 Å². The molecule has 0 aromatic heterocycles. The Bertz CT molecular complexity index is 607. The SMILES string of the molecule is CC(C)(C)OC(=O)NCC#Cc1cc(O)cc(C(F)(F)F)c1. The van der Waals surface area contributed by atoms with Gasteiger partial charge in [-0.2, -0.15) is 13.2 Å². The standard InChI is InChI=1S/C15H16F3NO3/c1-14(2,3)22-13(21)19-6-4-5-10-7-11(15(16,17)18)9-12(20)8-10/h7-9,20H,6H2,1-3H3,(H,19,21). The number of alkyl halides is 3. The Hall–Kier alpha value is -2.36. The summed E-state index contributed by atoms with van der Waals surface area (Å²) in [6.07, 6.45) is -5.24. The molecule has 0 aliphatic carbocycles. The van der Waals surface area contributed by atoms with E-state index in [0.29, 0.717) is 6.07 Å². The number of amides is 1. The number of halogens is 3. The molecule has 1 aromatic carbocycles. The first-order chi connectivity index (χ1) is 9.97. The molecule has 0 unspecified atom stereocenters. The predicted octanol–water partition coefficient (Wildman–Crippen LogP) is 3.29. The minimum atomic E-state index is -4.57. The van der Waals surface area contributed by atoms with Gasteiger partial charge in [0.25, 0.3) is 0 Å². The summed E-state index contributed by atoms with van der Waals surface area (Å²) in [5.41, 5.74) is -1.64. The molecule has 2 N–H and O–H groups in total. The zero-order valence-electron chi connectivity index (χ0n) is 12.3. The number of phenolic OH excluding ortho intramolecular Hbond substituents is 1. The average molecular weight is 315 g/mol. The van der Waals surface area contributed by atoms with Crippen molar-refractivity contribution in [2.75, 3.05) is 6.54 Å². The highest BCUT2D eigenvalue weighted by Crippen LogP contribution is 2.32. The Labute approximate surface area is 126 Å². The highest BCUT2D eigenvalue weighted by Gasteiger charge is 2.31. The minimum Gasteiger partial charge on any atom is -0.508 e. The highest BCUT2D eigenvalue weighted by atomic mass is 19.4. The van der Waals surface area contributed by atoms with Crippen LogP contribution in [0.25, 0.3) is 0 Å². The number of carbonyl (C=O) groups is 1. The fourth-order valence-corrected chi connectivity index (χ4v) is 1.42. The predicted molar refractivity (Wildman–Crippen MR) is 74.2 cm³/mol. The van der Waals surface area contributed by atoms with Gasteiger partial charge in [-0.05, 0) is 39.0 Å². The Morgan fingerprint density at radius 3 is 2.45 bits per heavy atom. The lowest BCUT2D eigenvalue weighted by Gasteiger charge is -2.19. The van der Waals surface area contributed by atoms with Crippen LogP contribution in [-0.2, 0) is 10.9 Å². The van der Waals surface area contributed by atoms with Crippen molar-refractivity contribution in [1.29, 1.82) is 0 Å². The molecule has 0 saturated heterocycles. The number of nitrogens with one attached hydrogen (secondary N) is 1. The quantitative estimate of drug-likeness (QED) is 0.782. The molecule has 0 heterocycles. The maximum Gasteiger partial charge on any atom is 0.416 e. The van der Waals surface area contributed by atoms with E-state index in [1.807, 2.05) is 0 Å². The van der Waals surface area contributed by atoms with E-state index in [9.17, 15) is 23.1 Å². The van der Waals surface area contributed by atoms with Crippen LogP contribution in [0.2, 0.25) is 0 Å². The largest absolute Gasteiger partial charge is 0.508 e. The number of hydrogen-bond donors (Lipinski definition) is 2. The number of carbonyl (C=O) groups excluding carboxylic acids is 1. The molecule has 22 heavy (non-hydrogen) atoms. The van der Waals surface area contributed by atoms with E-state index in [4.69, 9.17) is 4.74 Å². The van der Waals surface area contributed by atoms with Gasteiger partial charge in [0.2, 0.25) is 0 Å². The number of aromatic hydroxyl groups is 1. The second-order valence-corrected chi connectivity index (χ2v) is 5.42. The molecule has 1 amide bonds. The van der Waals surface area contributed by atoms with Gasteiger partial charge < -0.3 is 15.2 Å². The molecule has 0 atom stereocenters. The molecule has 0 spiro atoms. The number of hydrogen-bond acceptors (Lipinski definition) is 3. The molecule has 7 heteroatoms. The van der Waals surface area contributed by atoms with Crippen molar-refractivity contribution in [3.63, 3.8) is 0 Å². The summed E-state index contributed by atoms with van der Waals surface area (Å²) in [6.45, 7) is 5.00. The van der Waals surface area contributed by atoms with Crippen LogP contribution in [0.4, 0.5) is 18.0 Å². The van der Waals surface area contributed by atoms with Crippen LogP contribution in [-0.4, -0.2) is 23.3 Å². The van der Waals surface area contributed by atoms with E-state index in [1.165, 1.54) is 0 Å². The molecule has 0 radical (unpaired) electrons. The summed E-state index contributed by atoms with van der Waals surface area (Å²) in [5.74, 6) is 4.39. The van der Waals surface area contributed by atoms with Crippen LogP contribution < -0.4 is 5.32 Å². The topological polar surface area (TPSA) is 58.6 Å². The van der Waals surface area contributed by atoms with E-state index in [2.05, 4.69) is 17.2 Å². The van der Waals surface area contributed by atoms with Gasteiger partial charge in [-0.1, -0.05) is 11.8 Å². The fraction of sp³-hybridized carbons (Fsp3) is 0.400. The molecule has 4 nitrogen and oxygen atoms in total. The third-order valence-electron chi connectivity index (χ3n) is 2.20. The highest BCUT2D eigenvalue weighted by molar-refractivity contribution is 5.68.